The molecule has 4 atom stereocenters. The fraction of sp³-hybridized carbons (Fsp3) is 0.500. The monoisotopic (exact) mass is 470 g/mol. The summed E-state index contributed by atoms with van der Waals surface area (Å²) in [6.45, 7) is 4.47. The highest BCUT2D eigenvalue weighted by molar-refractivity contribution is 5.97. The third kappa shape index (κ3) is 6.47. The quantitative estimate of drug-likeness (QED) is 0.567. The minimum absolute atomic E-state index is 0.130. The maximum Gasteiger partial charge on any atom is 0.329 e. The van der Waals surface area contributed by atoms with Crippen molar-refractivity contribution in [2.24, 2.45) is 5.92 Å². The van der Waals surface area contributed by atoms with Crippen LogP contribution in [0.1, 0.15) is 55.6 Å². The van der Waals surface area contributed by atoms with Crippen LogP contribution in [0, 0.1) is 5.92 Å². The number of pyridine rings is 1. The molecular weight excluding hydrogens is 436 g/mol. The average molecular weight is 471 g/mol. The fourth-order valence-corrected chi connectivity index (χ4v) is 4.37. The van der Waals surface area contributed by atoms with Gasteiger partial charge in [0, 0.05) is 18.9 Å². The van der Waals surface area contributed by atoms with Crippen molar-refractivity contribution in [1.82, 2.24) is 10.3 Å². The Balaban J connectivity index is 1.76. The first kappa shape index (κ1) is 25.5. The third-order valence-electron chi connectivity index (χ3n) is 6.06. The molecule has 1 aliphatic heterocycles. The number of aromatic nitrogens is 1. The molecule has 1 aromatic heterocycles. The van der Waals surface area contributed by atoms with Crippen LogP contribution < -0.4 is 10.1 Å². The highest BCUT2D eigenvalue weighted by atomic mass is 16.6. The lowest BCUT2D eigenvalue weighted by atomic mass is 9.87. The number of benzene rings is 1. The maximum atomic E-state index is 13.0. The van der Waals surface area contributed by atoms with E-state index >= 15 is 0 Å². The molecule has 0 bridgehead atoms. The van der Waals surface area contributed by atoms with E-state index < -0.39 is 24.0 Å². The lowest BCUT2D eigenvalue weighted by Crippen LogP contribution is -2.44. The maximum absolute atomic E-state index is 13.0. The van der Waals surface area contributed by atoms with Crippen molar-refractivity contribution in [2.75, 3.05) is 13.7 Å². The molecule has 0 spiro atoms. The second kappa shape index (κ2) is 12.4. The number of carbonyl (C=O) groups excluding carboxylic acids is 2. The molecular formula is C26H34N2O6. The van der Waals surface area contributed by atoms with Crippen LogP contribution in [0.3, 0.4) is 0 Å². The molecule has 0 saturated carbocycles. The van der Waals surface area contributed by atoms with Gasteiger partial charge in [0.1, 0.15) is 12.1 Å². The smallest absolute Gasteiger partial charge is 0.329 e. The van der Waals surface area contributed by atoms with Gasteiger partial charge in [-0.3, -0.25) is 4.79 Å². The van der Waals surface area contributed by atoms with Gasteiger partial charge in [0.15, 0.2) is 17.2 Å². The Labute approximate surface area is 200 Å². The molecule has 0 aliphatic carbocycles. The number of rotatable bonds is 8. The number of nitrogens with zero attached hydrogens (tertiary/aromatic N) is 1. The zero-order valence-corrected chi connectivity index (χ0v) is 20.0. The summed E-state index contributed by atoms with van der Waals surface area (Å²) in [5, 5.41) is 12.9. The van der Waals surface area contributed by atoms with Gasteiger partial charge in [-0.2, -0.15) is 0 Å². The normalized spacial score (nSPS) is 23.2. The van der Waals surface area contributed by atoms with Gasteiger partial charge in [-0.25, -0.2) is 9.78 Å². The number of amides is 1. The van der Waals surface area contributed by atoms with Gasteiger partial charge in [0.05, 0.1) is 13.2 Å². The standard InChI is InChI=1S/C26H34N2O6/c1-4-15-33-24-17(2)34-26(31)20(12-8-11-19(24)16-18-9-6-5-7-10-18)28-25(30)22-23(29)21(32-3)13-14-27-22/h5-7,9-10,13-14,17,19-20,24,29H,4,8,11-12,15-16H2,1-3H3,(H,28,30). The highest BCUT2D eigenvalue weighted by Crippen LogP contribution is 2.29. The molecule has 1 aromatic carbocycles. The predicted octanol–water partition coefficient (Wildman–Crippen LogP) is 3.66. The van der Waals surface area contributed by atoms with E-state index in [1.165, 1.54) is 24.9 Å². The summed E-state index contributed by atoms with van der Waals surface area (Å²) in [5.74, 6) is -1.26. The van der Waals surface area contributed by atoms with E-state index in [4.69, 9.17) is 14.2 Å². The summed E-state index contributed by atoms with van der Waals surface area (Å²) in [6.07, 6.45) is 4.25. The van der Waals surface area contributed by atoms with Crippen LogP contribution in [0.4, 0.5) is 0 Å². The van der Waals surface area contributed by atoms with Crippen molar-refractivity contribution in [2.45, 2.75) is 64.2 Å². The SMILES string of the molecule is CCCOC1C(Cc2ccccc2)CCCC(NC(=O)c2nccc(OC)c2O)C(=O)OC1C. The first-order chi connectivity index (χ1) is 16.4. The molecule has 8 nitrogen and oxygen atoms in total. The Morgan fingerprint density at radius 2 is 2.00 bits per heavy atom. The van der Waals surface area contributed by atoms with E-state index in [0.29, 0.717) is 19.4 Å². The third-order valence-corrected chi connectivity index (χ3v) is 6.06. The van der Waals surface area contributed by atoms with Gasteiger partial charge in [-0.15, -0.1) is 0 Å². The number of methoxy groups -OCH3 is 1. The molecule has 8 heteroatoms. The molecule has 184 valence electrons. The molecule has 2 aromatic rings. The van der Waals surface area contributed by atoms with Crippen molar-refractivity contribution in [3.8, 4) is 11.5 Å². The first-order valence-electron chi connectivity index (χ1n) is 11.8. The molecule has 1 aliphatic rings. The molecule has 3 rings (SSSR count). The number of carbonyl (C=O) groups is 2. The molecule has 0 radical (unpaired) electrons. The molecule has 4 unspecified atom stereocenters. The van der Waals surface area contributed by atoms with Gasteiger partial charge in [0.25, 0.3) is 5.91 Å². The largest absolute Gasteiger partial charge is 0.503 e. The summed E-state index contributed by atoms with van der Waals surface area (Å²) < 4.78 is 17.0. The number of esters is 1. The summed E-state index contributed by atoms with van der Waals surface area (Å²) in [5.41, 5.74) is 1.01. The first-order valence-corrected chi connectivity index (χ1v) is 11.8. The molecule has 1 fully saturated rings. The Morgan fingerprint density at radius 3 is 2.71 bits per heavy atom. The second-order valence-electron chi connectivity index (χ2n) is 8.59. The number of aromatic hydroxyl groups is 1. The number of hydrogen-bond acceptors (Lipinski definition) is 7. The van der Waals surface area contributed by atoms with Gasteiger partial charge in [0.2, 0.25) is 0 Å². The van der Waals surface area contributed by atoms with Crippen LogP contribution in [0.15, 0.2) is 42.6 Å². The highest BCUT2D eigenvalue weighted by Gasteiger charge is 2.35. The Kier molecular flexibility index (Phi) is 9.27. The van der Waals surface area contributed by atoms with E-state index in [2.05, 4.69) is 22.4 Å². The van der Waals surface area contributed by atoms with E-state index in [-0.39, 0.29) is 29.2 Å². The Morgan fingerprint density at radius 1 is 1.24 bits per heavy atom. The topological polar surface area (TPSA) is 107 Å². The van der Waals surface area contributed by atoms with Gasteiger partial charge < -0.3 is 24.6 Å². The average Bonchev–Trinajstić information content (AvgIpc) is 2.88. The van der Waals surface area contributed by atoms with Crippen LogP contribution in [0.2, 0.25) is 0 Å². The molecule has 1 saturated heterocycles. The lowest BCUT2D eigenvalue weighted by molar-refractivity contribution is -0.160. The Bertz CT molecular complexity index is 952. The molecule has 2 heterocycles. The second-order valence-corrected chi connectivity index (χ2v) is 8.59. The fourth-order valence-electron chi connectivity index (χ4n) is 4.37. The van der Waals surface area contributed by atoms with Crippen molar-refractivity contribution >= 4 is 11.9 Å². The van der Waals surface area contributed by atoms with Crippen molar-refractivity contribution in [3.63, 3.8) is 0 Å². The van der Waals surface area contributed by atoms with Crippen molar-refractivity contribution in [1.29, 1.82) is 0 Å². The number of ether oxygens (including phenoxy) is 3. The van der Waals surface area contributed by atoms with Crippen LogP contribution in [0.25, 0.3) is 0 Å². The minimum Gasteiger partial charge on any atom is -0.503 e. The van der Waals surface area contributed by atoms with Crippen LogP contribution in [0.5, 0.6) is 11.5 Å². The molecule has 34 heavy (non-hydrogen) atoms. The summed E-state index contributed by atoms with van der Waals surface area (Å²) in [4.78, 5) is 29.7. The van der Waals surface area contributed by atoms with Gasteiger partial charge in [-0.1, -0.05) is 43.7 Å². The van der Waals surface area contributed by atoms with Crippen molar-refractivity contribution < 1.29 is 28.9 Å². The summed E-state index contributed by atoms with van der Waals surface area (Å²) in [7, 11) is 1.39. The summed E-state index contributed by atoms with van der Waals surface area (Å²) in [6, 6.07) is 10.8. The predicted molar refractivity (Wildman–Crippen MR) is 127 cm³/mol. The van der Waals surface area contributed by atoms with Crippen LogP contribution in [-0.4, -0.2) is 53.9 Å². The number of nitrogens with one attached hydrogen (secondary N) is 1. The van der Waals surface area contributed by atoms with Crippen molar-refractivity contribution in [3.05, 3.63) is 53.9 Å². The zero-order valence-electron chi connectivity index (χ0n) is 20.0. The molecule has 2 N–H and O–H groups in total. The van der Waals surface area contributed by atoms with E-state index in [0.717, 1.165) is 19.3 Å². The minimum atomic E-state index is -0.857. The van der Waals surface area contributed by atoms with E-state index in [1.807, 2.05) is 32.0 Å². The van der Waals surface area contributed by atoms with Gasteiger partial charge in [-0.05, 0) is 44.1 Å². The van der Waals surface area contributed by atoms with Gasteiger partial charge >= 0.3 is 5.97 Å². The molecule has 1 amide bonds. The summed E-state index contributed by atoms with van der Waals surface area (Å²) >= 11 is 0. The van der Waals surface area contributed by atoms with Crippen LogP contribution in [-0.2, 0) is 20.7 Å². The van der Waals surface area contributed by atoms with E-state index in [1.54, 1.807) is 0 Å². The Hall–Kier alpha value is -3.13. The number of cyclic esters (lactones) is 1. The van der Waals surface area contributed by atoms with E-state index in [9.17, 15) is 14.7 Å². The number of hydrogen-bond donors (Lipinski definition) is 2. The van der Waals surface area contributed by atoms with Crippen LogP contribution >= 0.6 is 0 Å². The lowest BCUT2D eigenvalue weighted by Gasteiger charge is -2.31. The zero-order chi connectivity index (χ0) is 24.5.